The predicted molar refractivity (Wildman–Crippen MR) is 144 cm³/mol. The molecule has 1 aliphatic heterocycles. The van der Waals surface area contributed by atoms with Gasteiger partial charge in [0.15, 0.2) is 6.19 Å². The Morgan fingerprint density at radius 3 is 2.56 bits per heavy atom. The number of likely N-dealkylation sites (tertiary alicyclic amines) is 1. The average Bonchev–Trinajstić information content (AvgIpc) is 3.72. The smallest absolute Gasteiger partial charge is 0.251 e. The number of nitrogens with zero attached hydrogens (tertiary/aromatic N) is 4. The van der Waals surface area contributed by atoms with Gasteiger partial charge in [0, 0.05) is 50.4 Å². The van der Waals surface area contributed by atoms with Gasteiger partial charge in [-0.25, -0.2) is 13.2 Å². The second kappa shape index (κ2) is 11.7. The van der Waals surface area contributed by atoms with E-state index in [2.05, 4.69) is 10.3 Å². The van der Waals surface area contributed by atoms with E-state index in [1.165, 1.54) is 30.3 Å². The fourth-order valence-electron chi connectivity index (χ4n) is 5.87. The quantitative estimate of drug-likeness (QED) is 0.461. The number of amides is 2. The van der Waals surface area contributed by atoms with Crippen LogP contribution in [0.25, 0.3) is 0 Å². The third kappa shape index (κ3) is 6.17. The van der Waals surface area contributed by atoms with Crippen LogP contribution in [0, 0.1) is 24.2 Å². The van der Waals surface area contributed by atoms with Gasteiger partial charge in [-0.2, -0.15) is 5.26 Å². The van der Waals surface area contributed by atoms with Crippen LogP contribution < -0.4 is 10.2 Å². The van der Waals surface area contributed by atoms with E-state index in [1.807, 2.05) is 6.19 Å². The third-order valence-electron chi connectivity index (χ3n) is 8.47. The van der Waals surface area contributed by atoms with E-state index in [0.717, 1.165) is 23.3 Å². The molecule has 1 aromatic heterocycles. The van der Waals surface area contributed by atoms with Gasteiger partial charge < -0.3 is 10.1 Å². The van der Waals surface area contributed by atoms with Crippen molar-refractivity contribution in [2.24, 2.45) is 0 Å². The molecule has 0 radical (unpaired) electrons. The Bertz CT molecular complexity index is 1330. The summed E-state index contributed by atoms with van der Waals surface area (Å²) >= 11 is 0. The second-order valence-electron chi connectivity index (χ2n) is 11.3. The molecule has 41 heavy (non-hydrogen) atoms. The summed E-state index contributed by atoms with van der Waals surface area (Å²) in [4.78, 5) is 35.0. The summed E-state index contributed by atoms with van der Waals surface area (Å²) in [5, 5.41) is 12.7. The van der Waals surface area contributed by atoms with E-state index >= 15 is 4.39 Å². The molecule has 1 saturated heterocycles. The van der Waals surface area contributed by atoms with Crippen molar-refractivity contribution in [2.75, 3.05) is 18.6 Å². The zero-order valence-electron chi connectivity index (χ0n) is 23.2. The molecule has 1 N–H and O–H groups in total. The number of nitriles is 1. The monoisotopic (exact) mass is 569 g/mol. The van der Waals surface area contributed by atoms with Crippen LogP contribution in [-0.2, 0) is 14.3 Å². The van der Waals surface area contributed by atoms with Crippen LogP contribution in [0.4, 0.5) is 18.9 Å². The molecule has 1 aromatic carbocycles. The third-order valence-corrected chi connectivity index (χ3v) is 8.47. The number of ether oxygens (including phenoxy) is 1. The number of aryl methyl sites for hydroxylation is 1. The lowest BCUT2D eigenvalue weighted by molar-refractivity contribution is -0.129. The number of methoxy groups -OCH3 is 1. The Labute approximate surface area is 237 Å². The van der Waals surface area contributed by atoms with Crippen LogP contribution in [0.1, 0.15) is 73.6 Å². The first-order valence-corrected chi connectivity index (χ1v) is 14.0. The number of anilines is 1. The minimum atomic E-state index is -2.78. The Morgan fingerprint density at radius 1 is 1.22 bits per heavy atom. The minimum Gasteiger partial charge on any atom is -0.379 e. The molecule has 2 heterocycles. The summed E-state index contributed by atoms with van der Waals surface area (Å²) in [5.74, 6) is -4.44. The minimum absolute atomic E-state index is 0.0796. The fraction of sp³-hybridized carbons (Fsp3) is 0.533. The number of hydrogen-bond acceptors (Lipinski definition) is 6. The fourth-order valence-corrected chi connectivity index (χ4v) is 5.87. The molecule has 0 bridgehead atoms. The molecule has 0 spiro atoms. The number of benzene rings is 1. The van der Waals surface area contributed by atoms with Crippen LogP contribution >= 0.6 is 0 Å². The van der Waals surface area contributed by atoms with Crippen LogP contribution in [0.3, 0.4) is 0 Å². The Balaban J connectivity index is 1.58. The van der Waals surface area contributed by atoms with Gasteiger partial charge in [0.2, 0.25) is 11.8 Å². The summed E-state index contributed by atoms with van der Waals surface area (Å²) in [7, 11) is 1.49. The Kier molecular flexibility index (Phi) is 8.23. The predicted octanol–water partition coefficient (Wildman–Crippen LogP) is 4.75. The van der Waals surface area contributed by atoms with Gasteiger partial charge in [-0.05, 0) is 67.9 Å². The molecule has 2 amide bonds. The van der Waals surface area contributed by atoms with E-state index < -0.39 is 47.8 Å². The maximum absolute atomic E-state index is 15.9. The zero-order valence-corrected chi connectivity index (χ0v) is 23.2. The topological polar surface area (TPSA) is 98.6 Å². The van der Waals surface area contributed by atoms with Crippen molar-refractivity contribution >= 4 is 17.5 Å². The molecule has 2 saturated carbocycles. The lowest BCUT2D eigenvalue weighted by Crippen LogP contribution is -2.52. The molecule has 2 aliphatic carbocycles. The van der Waals surface area contributed by atoms with Crippen LogP contribution in [0.15, 0.2) is 36.7 Å². The van der Waals surface area contributed by atoms with Crippen LogP contribution in [0.5, 0.6) is 0 Å². The molecular weight excluding hydrogens is 535 g/mol. The van der Waals surface area contributed by atoms with Crippen molar-refractivity contribution in [3.8, 4) is 6.19 Å². The number of pyridine rings is 1. The number of aromatic nitrogens is 1. The number of halogens is 3. The summed E-state index contributed by atoms with van der Waals surface area (Å²) < 4.78 is 49.0. The highest BCUT2D eigenvalue weighted by Crippen LogP contribution is 2.42. The average molecular weight is 570 g/mol. The molecule has 3 unspecified atom stereocenters. The molecule has 218 valence electrons. The van der Waals surface area contributed by atoms with E-state index in [1.54, 1.807) is 25.3 Å². The van der Waals surface area contributed by atoms with Gasteiger partial charge in [0.1, 0.15) is 17.9 Å². The van der Waals surface area contributed by atoms with Crippen LogP contribution in [0.2, 0.25) is 0 Å². The van der Waals surface area contributed by atoms with Gasteiger partial charge in [0.05, 0.1) is 18.3 Å². The SMILES string of the molecule is COC1CC(C(=O)N(c2ccc(C3CC3)cc2F)C(C(=O)NC2CCC(F)(F)CC2)c2cnccc2C)N(C#N)C1. The molecule has 3 atom stereocenters. The molecule has 2 aromatic rings. The van der Waals surface area contributed by atoms with Gasteiger partial charge >= 0.3 is 0 Å². The Hall–Kier alpha value is -3.65. The van der Waals surface area contributed by atoms with Crippen molar-refractivity contribution in [3.05, 3.63) is 59.2 Å². The Morgan fingerprint density at radius 2 is 1.95 bits per heavy atom. The molecule has 5 rings (SSSR count). The number of carbonyl (C=O) groups excluding carboxylic acids is 2. The lowest BCUT2D eigenvalue weighted by Gasteiger charge is -2.36. The highest BCUT2D eigenvalue weighted by molar-refractivity contribution is 6.04. The van der Waals surface area contributed by atoms with Crippen molar-refractivity contribution in [3.63, 3.8) is 0 Å². The number of nitrogens with one attached hydrogen (secondary N) is 1. The van der Waals surface area contributed by atoms with E-state index in [4.69, 9.17) is 4.74 Å². The van der Waals surface area contributed by atoms with Gasteiger partial charge in [-0.3, -0.25) is 24.4 Å². The van der Waals surface area contributed by atoms with Gasteiger partial charge in [-0.15, -0.1) is 0 Å². The molecule has 3 aliphatic rings. The largest absolute Gasteiger partial charge is 0.379 e. The first-order chi connectivity index (χ1) is 19.6. The molecule has 3 fully saturated rings. The molecule has 8 nitrogen and oxygen atoms in total. The van der Waals surface area contributed by atoms with E-state index in [-0.39, 0.29) is 50.3 Å². The van der Waals surface area contributed by atoms with Crippen LogP contribution in [-0.4, -0.2) is 59.5 Å². The number of rotatable bonds is 8. The second-order valence-corrected chi connectivity index (χ2v) is 11.3. The maximum atomic E-state index is 15.9. The van der Waals surface area contributed by atoms with Gasteiger partial charge in [0.25, 0.3) is 5.91 Å². The standard InChI is InChI=1S/C30H34F3N5O3/c1-18-9-12-35-15-23(18)27(28(39)36-21-7-10-30(32,33)11-8-21)38(25-6-5-20(13-24(25)31)19-3-4-19)29(40)26-14-22(41-2)16-37(26)17-34/h5-6,9,12-13,15,19,21-22,26-27H,3-4,7-8,10-11,14,16H2,1-2H3,(H,36,39). The van der Waals surface area contributed by atoms with Gasteiger partial charge in [-0.1, -0.05) is 6.07 Å². The van der Waals surface area contributed by atoms with E-state index in [9.17, 15) is 23.6 Å². The molecule has 11 heteroatoms. The number of hydrogen-bond donors (Lipinski definition) is 1. The van der Waals surface area contributed by atoms with E-state index in [0.29, 0.717) is 11.1 Å². The summed E-state index contributed by atoms with van der Waals surface area (Å²) in [6.45, 7) is 1.94. The maximum Gasteiger partial charge on any atom is 0.251 e. The van der Waals surface area contributed by atoms with Crippen molar-refractivity contribution in [2.45, 2.75) is 87.9 Å². The first kappa shape index (κ1) is 28.9. The van der Waals surface area contributed by atoms with Crippen molar-refractivity contribution in [1.82, 2.24) is 15.2 Å². The highest BCUT2D eigenvalue weighted by Gasteiger charge is 2.45. The van der Waals surface area contributed by atoms with Crippen molar-refractivity contribution < 1.29 is 27.5 Å². The number of alkyl halides is 2. The number of carbonyl (C=O) groups is 2. The molecular formula is C30H34F3N5O3. The summed E-state index contributed by atoms with van der Waals surface area (Å²) in [5.41, 5.74) is 1.73. The zero-order chi connectivity index (χ0) is 29.3. The summed E-state index contributed by atoms with van der Waals surface area (Å²) in [6, 6.07) is 3.48. The highest BCUT2D eigenvalue weighted by atomic mass is 19.3. The first-order valence-electron chi connectivity index (χ1n) is 14.0. The lowest BCUT2D eigenvalue weighted by atomic mass is 9.91. The summed E-state index contributed by atoms with van der Waals surface area (Å²) in [6.07, 6.45) is 6.18. The normalized spacial score (nSPS) is 23.1. The van der Waals surface area contributed by atoms with Crippen molar-refractivity contribution in [1.29, 1.82) is 5.26 Å².